The van der Waals surface area contributed by atoms with E-state index < -0.39 is 0 Å². The highest BCUT2D eigenvalue weighted by Gasteiger charge is 2.54. The van der Waals surface area contributed by atoms with Crippen LogP contribution in [0.1, 0.15) is 48.9 Å². The second-order valence-corrected chi connectivity index (χ2v) is 9.59. The molecule has 6 rings (SSSR count). The van der Waals surface area contributed by atoms with Gasteiger partial charge in [0.2, 0.25) is 0 Å². The average molecular weight is 381 g/mol. The Morgan fingerprint density at radius 1 is 1.04 bits per heavy atom. The SMILES string of the molecule is O=C(Cn1ccsc1=NC(=O)C12CC3CC(CC(C3)C1)C2)c1ccccc1. The molecule has 4 saturated carbocycles. The highest BCUT2D eigenvalue weighted by Crippen LogP contribution is 2.60. The van der Waals surface area contributed by atoms with Crippen molar-refractivity contribution in [2.75, 3.05) is 0 Å². The number of Topliss-reactive ketones (excluding diaryl/α,β-unsaturated/α-hetero) is 1. The molecule has 4 bridgehead atoms. The Bertz CT molecular complexity index is 905. The van der Waals surface area contributed by atoms with E-state index in [9.17, 15) is 9.59 Å². The van der Waals surface area contributed by atoms with Crippen molar-refractivity contribution in [1.82, 2.24) is 4.57 Å². The van der Waals surface area contributed by atoms with E-state index in [1.165, 1.54) is 30.6 Å². The third-order valence-electron chi connectivity index (χ3n) is 6.76. The van der Waals surface area contributed by atoms with Gasteiger partial charge in [-0.2, -0.15) is 4.99 Å². The summed E-state index contributed by atoms with van der Waals surface area (Å²) in [4.78, 5) is 30.9. The Kier molecular flexibility index (Phi) is 4.15. The Morgan fingerprint density at radius 3 is 2.30 bits per heavy atom. The molecule has 4 aliphatic carbocycles. The highest BCUT2D eigenvalue weighted by molar-refractivity contribution is 7.07. The summed E-state index contributed by atoms with van der Waals surface area (Å²) < 4.78 is 1.82. The molecule has 1 amide bonds. The van der Waals surface area contributed by atoms with Crippen LogP contribution in [0.2, 0.25) is 0 Å². The Balaban J connectivity index is 1.39. The predicted octanol–water partition coefficient (Wildman–Crippen LogP) is 4.08. The fourth-order valence-corrected chi connectivity index (χ4v) is 6.68. The maximum Gasteiger partial charge on any atom is 0.254 e. The molecule has 1 aromatic carbocycles. The number of amides is 1. The molecule has 4 nitrogen and oxygen atoms in total. The maximum atomic E-state index is 13.2. The molecule has 0 aliphatic heterocycles. The lowest BCUT2D eigenvalue weighted by Crippen LogP contribution is -2.50. The van der Waals surface area contributed by atoms with Crippen LogP contribution in [0.3, 0.4) is 0 Å². The largest absolute Gasteiger partial charge is 0.316 e. The van der Waals surface area contributed by atoms with Gasteiger partial charge < -0.3 is 4.57 Å². The van der Waals surface area contributed by atoms with Crippen molar-refractivity contribution >= 4 is 23.0 Å². The van der Waals surface area contributed by atoms with Gasteiger partial charge in [0, 0.05) is 17.1 Å². The molecule has 4 aliphatic rings. The number of carbonyl (C=O) groups is 2. The van der Waals surface area contributed by atoms with Crippen LogP contribution >= 0.6 is 11.3 Å². The minimum Gasteiger partial charge on any atom is -0.316 e. The zero-order chi connectivity index (χ0) is 18.4. The van der Waals surface area contributed by atoms with Gasteiger partial charge in [-0.05, 0) is 56.3 Å². The number of hydrogen-bond donors (Lipinski definition) is 0. The molecule has 0 N–H and O–H groups in total. The van der Waals surface area contributed by atoms with Gasteiger partial charge in [-0.15, -0.1) is 11.3 Å². The number of rotatable bonds is 4. The van der Waals surface area contributed by atoms with E-state index in [2.05, 4.69) is 4.99 Å². The van der Waals surface area contributed by atoms with Gasteiger partial charge in [0.25, 0.3) is 5.91 Å². The number of aromatic nitrogens is 1. The molecule has 1 aromatic heterocycles. The van der Waals surface area contributed by atoms with Crippen molar-refractivity contribution in [1.29, 1.82) is 0 Å². The number of ketones is 1. The predicted molar refractivity (Wildman–Crippen MR) is 104 cm³/mol. The van der Waals surface area contributed by atoms with E-state index in [4.69, 9.17) is 0 Å². The van der Waals surface area contributed by atoms with Gasteiger partial charge in [0.1, 0.15) is 0 Å². The zero-order valence-electron chi connectivity index (χ0n) is 15.3. The maximum absolute atomic E-state index is 13.2. The lowest BCUT2D eigenvalue weighted by Gasteiger charge is -2.55. The van der Waals surface area contributed by atoms with Crippen LogP contribution in [-0.2, 0) is 11.3 Å². The van der Waals surface area contributed by atoms with Gasteiger partial charge in [0.15, 0.2) is 10.6 Å². The van der Waals surface area contributed by atoms with Gasteiger partial charge in [-0.3, -0.25) is 9.59 Å². The zero-order valence-corrected chi connectivity index (χ0v) is 16.2. The first-order valence-corrected chi connectivity index (χ1v) is 10.8. The molecule has 4 fully saturated rings. The number of nitrogens with zero attached hydrogens (tertiary/aromatic N) is 2. The lowest BCUT2D eigenvalue weighted by molar-refractivity contribution is -0.142. The summed E-state index contributed by atoms with van der Waals surface area (Å²) in [6.07, 6.45) is 8.88. The van der Waals surface area contributed by atoms with Gasteiger partial charge in [0.05, 0.1) is 12.0 Å². The second-order valence-electron chi connectivity index (χ2n) is 8.72. The Hall–Kier alpha value is -2.01. The Morgan fingerprint density at radius 2 is 1.67 bits per heavy atom. The first-order chi connectivity index (χ1) is 13.1. The van der Waals surface area contributed by atoms with Crippen LogP contribution < -0.4 is 4.80 Å². The van der Waals surface area contributed by atoms with Crippen molar-refractivity contribution in [3.63, 3.8) is 0 Å². The number of carbonyl (C=O) groups excluding carboxylic acids is 2. The first-order valence-electron chi connectivity index (χ1n) is 9.93. The minimum atomic E-state index is -0.222. The molecule has 0 atom stereocenters. The molecule has 27 heavy (non-hydrogen) atoms. The van der Waals surface area contributed by atoms with Crippen LogP contribution in [0.15, 0.2) is 46.9 Å². The number of thiazole rings is 1. The summed E-state index contributed by atoms with van der Waals surface area (Å²) in [5.74, 6) is 2.28. The molecule has 5 heteroatoms. The smallest absolute Gasteiger partial charge is 0.254 e. The quantitative estimate of drug-likeness (QED) is 0.751. The number of benzene rings is 1. The van der Waals surface area contributed by atoms with Crippen LogP contribution in [0.25, 0.3) is 0 Å². The van der Waals surface area contributed by atoms with E-state index in [0.29, 0.717) is 10.4 Å². The molecule has 0 radical (unpaired) electrons. The second kappa shape index (κ2) is 6.55. The molecule has 0 unspecified atom stereocenters. The molecule has 2 aromatic rings. The van der Waals surface area contributed by atoms with E-state index in [0.717, 1.165) is 37.0 Å². The summed E-state index contributed by atoms with van der Waals surface area (Å²) in [6, 6.07) is 9.29. The third kappa shape index (κ3) is 3.12. The monoisotopic (exact) mass is 380 g/mol. The van der Waals surface area contributed by atoms with Crippen molar-refractivity contribution in [2.24, 2.45) is 28.2 Å². The summed E-state index contributed by atoms with van der Waals surface area (Å²) in [5, 5.41) is 1.91. The minimum absolute atomic E-state index is 0.0395. The van der Waals surface area contributed by atoms with Crippen molar-refractivity contribution in [2.45, 2.75) is 45.1 Å². The fourth-order valence-electron chi connectivity index (χ4n) is 5.96. The number of hydrogen-bond acceptors (Lipinski definition) is 3. The van der Waals surface area contributed by atoms with Gasteiger partial charge in [-0.25, -0.2) is 0 Å². The average Bonchev–Trinajstić information content (AvgIpc) is 3.08. The summed E-state index contributed by atoms with van der Waals surface area (Å²) >= 11 is 1.44. The first kappa shape index (κ1) is 17.1. The molecular formula is C22H24N2O2S. The third-order valence-corrected chi connectivity index (χ3v) is 7.55. The molecule has 0 spiro atoms. The Labute approximate surface area is 163 Å². The molecule has 0 saturated heterocycles. The van der Waals surface area contributed by atoms with E-state index in [1.54, 1.807) is 0 Å². The normalized spacial score (nSPS) is 32.0. The standard InChI is InChI=1S/C22H24N2O2S/c25-19(18-4-2-1-3-5-18)14-24-6-7-27-21(24)23-20(26)22-11-15-8-16(12-22)10-17(9-15)13-22/h1-7,15-17H,8-14H2. The fraction of sp³-hybridized carbons (Fsp3) is 0.500. The highest BCUT2D eigenvalue weighted by atomic mass is 32.1. The van der Waals surface area contributed by atoms with Crippen molar-refractivity contribution in [3.05, 3.63) is 52.3 Å². The topological polar surface area (TPSA) is 51.4 Å². The molecular weight excluding hydrogens is 356 g/mol. The van der Waals surface area contributed by atoms with Crippen LogP contribution in [-0.4, -0.2) is 16.3 Å². The van der Waals surface area contributed by atoms with Gasteiger partial charge in [-0.1, -0.05) is 30.3 Å². The van der Waals surface area contributed by atoms with Crippen LogP contribution in [0.5, 0.6) is 0 Å². The molecule has 140 valence electrons. The lowest BCUT2D eigenvalue weighted by atomic mass is 9.49. The van der Waals surface area contributed by atoms with Crippen LogP contribution in [0.4, 0.5) is 0 Å². The van der Waals surface area contributed by atoms with E-state index in [1.807, 2.05) is 46.5 Å². The summed E-state index contributed by atoms with van der Waals surface area (Å²) in [6.45, 7) is 0.223. The van der Waals surface area contributed by atoms with E-state index in [-0.39, 0.29) is 23.7 Å². The van der Waals surface area contributed by atoms with E-state index >= 15 is 0 Å². The van der Waals surface area contributed by atoms with Crippen molar-refractivity contribution < 1.29 is 9.59 Å². The van der Waals surface area contributed by atoms with Crippen molar-refractivity contribution in [3.8, 4) is 0 Å². The summed E-state index contributed by atoms with van der Waals surface area (Å²) in [5.41, 5.74) is 0.467. The van der Waals surface area contributed by atoms with Gasteiger partial charge >= 0.3 is 0 Å². The van der Waals surface area contributed by atoms with Crippen LogP contribution in [0, 0.1) is 23.2 Å². The summed E-state index contributed by atoms with van der Waals surface area (Å²) in [7, 11) is 0. The molecule has 1 heterocycles.